The molecule has 0 aliphatic heterocycles. The Morgan fingerprint density at radius 2 is 1.93 bits per heavy atom. The van der Waals surface area contributed by atoms with Gasteiger partial charge < -0.3 is 20.3 Å². The number of guanidine groups is 1. The molecule has 164 valence electrons. The largest absolute Gasteiger partial charge is 0.379 e. The lowest BCUT2D eigenvalue weighted by molar-refractivity contribution is -0.127. The van der Waals surface area contributed by atoms with Crippen LogP contribution in [0.15, 0.2) is 29.3 Å². The molecule has 0 spiro atoms. The van der Waals surface area contributed by atoms with Crippen LogP contribution in [0.3, 0.4) is 0 Å². The summed E-state index contributed by atoms with van der Waals surface area (Å²) in [6, 6.07) is 8.90. The van der Waals surface area contributed by atoms with Crippen molar-refractivity contribution in [3.8, 4) is 0 Å². The number of fused-ring (bicyclic) bond motifs is 1. The highest BCUT2D eigenvalue weighted by molar-refractivity contribution is 14.0. The van der Waals surface area contributed by atoms with E-state index in [1.807, 2.05) is 0 Å². The second-order valence-corrected chi connectivity index (χ2v) is 8.78. The summed E-state index contributed by atoms with van der Waals surface area (Å²) < 4.78 is 5.64. The summed E-state index contributed by atoms with van der Waals surface area (Å²) in [6.07, 6.45) is 3.11. The van der Waals surface area contributed by atoms with Gasteiger partial charge in [0.25, 0.3) is 0 Å². The van der Waals surface area contributed by atoms with Gasteiger partial charge in [-0.3, -0.25) is 4.79 Å². The summed E-state index contributed by atoms with van der Waals surface area (Å²) in [4.78, 5) is 18.1. The molecule has 0 saturated heterocycles. The molecule has 0 bridgehead atoms. The van der Waals surface area contributed by atoms with E-state index in [1.54, 1.807) is 26.1 Å². The number of carbonyl (C=O) groups excluding carboxylic acids is 1. The molecular formula is C22H37IN4O2. The summed E-state index contributed by atoms with van der Waals surface area (Å²) in [5.41, 5.74) is 2.83. The number of hydrogen-bond donors (Lipinski definition) is 2. The zero-order valence-corrected chi connectivity index (χ0v) is 20.9. The van der Waals surface area contributed by atoms with E-state index in [1.165, 1.54) is 11.1 Å². The monoisotopic (exact) mass is 516 g/mol. The first-order valence-corrected chi connectivity index (χ1v) is 10.0. The molecule has 0 heterocycles. The van der Waals surface area contributed by atoms with E-state index in [4.69, 9.17) is 4.74 Å². The van der Waals surface area contributed by atoms with Crippen LogP contribution in [-0.4, -0.2) is 63.2 Å². The number of hydrogen-bond acceptors (Lipinski definition) is 3. The summed E-state index contributed by atoms with van der Waals surface area (Å²) in [5, 5.41) is 6.92. The first kappa shape index (κ1) is 25.7. The summed E-state index contributed by atoms with van der Waals surface area (Å²) >= 11 is 0. The van der Waals surface area contributed by atoms with Gasteiger partial charge in [0.1, 0.15) is 6.54 Å². The molecule has 1 aromatic carbocycles. The van der Waals surface area contributed by atoms with Crippen LogP contribution in [0.1, 0.15) is 38.3 Å². The third kappa shape index (κ3) is 8.12. The zero-order valence-electron chi connectivity index (χ0n) is 18.6. The van der Waals surface area contributed by atoms with Crippen LogP contribution in [0.5, 0.6) is 0 Å². The highest BCUT2D eigenvalue weighted by Crippen LogP contribution is 2.22. The van der Waals surface area contributed by atoms with Crippen LogP contribution in [0, 0.1) is 5.41 Å². The molecule has 7 heteroatoms. The van der Waals surface area contributed by atoms with E-state index in [2.05, 4.69) is 60.7 Å². The molecule has 1 aliphatic rings. The maximum absolute atomic E-state index is 12.0. The predicted molar refractivity (Wildman–Crippen MR) is 130 cm³/mol. The molecule has 2 atom stereocenters. The van der Waals surface area contributed by atoms with E-state index in [9.17, 15) is 4.79 Å². The fourth-order valence-electron chi connectivity index (χ4n) is 3.39. The molecule has 2 N–H and O–H groups in total. The van der Waals surface area contributed by atoms with Crippen molar-refractivity contribution in [2.75, 3.05) is 34.3 Å². The van der Waals surface area contributed by atoms with Gasteiger partial charge in [0.15, 0.2) is 5.96 Å². The smallest absolute Gasteiger partial charge is 0.243 e. The lowest BCUT2D eigenvalue weighted by Gasteiger charge is -2.31. The normalized spacial score (nSPS) is 17.6. The van der Waals surface area contributed by atoms with E-state index >= 15 is 0 Å². The molecule has 0 aromatic heterocycles. The number of rotatable bonds is 6. The van der Waals surface area contributed by atoms with Crippen LogP contribution >= 0.6 is 24.0 Å². The van der Waals surface area contributed by atoms with Crippen LogP contribution in [-0.2, 0) is 22.4 Å². The Balaban J connectivity index is 0.00000420. The topological polar surface area (TPSA) is 66.0 Å². The average Bonchev–Trinajstić information content (AvgIpc) is 2.64. The Kier molecular flexibility index (Phi) is 10.4. The van der Waals surface area contributed by atoms with E-state index in [-0.39, 0.29) is 47.9 Å². The van der Waals surface area contributed by atoms with Crippen molar-refractivity contribution in [1.29, 1.82) is 0 Å². The number of methoxy groups -OCH3 is 1. The van der Waals surface area contributed by atoms with Gasteiger partial charge in [-0.15, -0.1) is 24.0 Å². The Morgan fingerprint density at radius 3 is 2.52 bits per heavy atom. The molecule has 29 heavy (non-hydrogen) atoms. The van der Waals surface area contributed by atoms with Gasteiger partial charge in [0.05, 0.1) is 6.10 Å². The number of halogens is 1. The molecule has 1 aliphatic carbocycles. The first-order chi connectivity index (χ1) is 13.2. The minimum Gasteiger partial charge on any atom is -0.379 e. The van der Waals surface area contributed by atoms with Gasteiger partial charge in [-0.05, 0) is 35.8 Å². The standard InChI is InChI=1S/C22H36N4O2.HI/c1-22(2,3)19(28-6)14-23-21(24-15-20(27)26(4)5)25-18-12-11-16-9-7-8-10-17(16)13-18;/h7-10,18-19H,11-15H2,1-6H3,(H2,23,24,25);1H. The molecule has 2 unspecified atom stereocenters. The third-order valence-corrected chi connectivity index (χ3v) is 5.26. The van der Waals surface area contributed by atoms with Gasteiger partial charge >= 0.3 is 0 Å². The number of nitrogens with zero attached hydrogens (tertiary/aromatic N) is 2. The molecule has 2 rings (SSSR count). The molecule has 0 radical (unpaired) electrons. The number of nitrogens with one attached hydrogen (secondary N) is 2. The number of carbonyl (C=O) groups is 1. The van der Waals surface area contributed by atoms with Crippen molar-refractivity contribution >= 4 is 35.8 Å². The van der Waals surface area contributed by atoms with Gasteiger partial charge in [-0.1, -0.05) is 45.0 Å². The lowest BCUT2D eigenvalue weighted by Crippen LogP contribution is -2.49. The van der Waals surface area contributed by atoms with Gasteiger partial charge in [-0.2, -0.15) is 0 Å². The Hall–Kier alpha value is -1.35. The maximum Gasteiger partial charge on any atom is 0.243 e. The van der Waals surface area contributed by atoms with Gasteiger partial charge in [0, 0.05) is 33.8 Å². The number of ether oxygens (including phenoxy) is 1. The van der Waals surface area contributed by atoms with E-state index in [0.717, 1.165) is 19.3 Å². The zero-order chi connectivity index (χ0) is 20.7. The van der Waals surface area contributed by atoms with Crippen LogP contribution in [0.25, 0.3) is 0 Å². The molecular weight excluding hydrogens is 479 g/mol. The lowest BCUT2D eigenvalue weighted by atomic mass is 9.88. The fraction of sp³-hybridized carbons (Fsp3) is 0.636. The molecule has 1 aromatic rings. The van der Waals surface area contributed by atoms with Crippen molar-refractivity contribution in [2.45, 2.75) is 52.2 Å². The molecule has 0 saturated carbocycles. The summed E-state index contributed by atoms with van der Waals surface area (Å²) in [5.74, 6) is 0.653. The SMILES string of the molecule is COC(CNC(=NCC(=O)N(C)C)NC1CCc2ccccc2C1)C(C)(C)C.I. The minimum absolute atomic E-state index is 0. The Morgan fingerprint density at radius 1 is 1.28 bits per heavy atom. The van der Waals surface area contributed by atoms with Crippen molar-refractivity contribution in [3.63, 3.8) is 0 Å². The molecule has 1 amide bonds. The van der Waals surface area contributed by atoms with Gasteiger partial charge in [0.2, 0.25) is 5.91 Å². The number of aliphatic imine (C=N–C) groups is 1. The first-order valence-electron chi connectivity index (χ1n) is 10.0. The molecule has 6 nitrogen and oxygen atoms in total. The third-order valence-electron chi connectivity index (χ3n) is 5.26. The average molecular weight is 516 g/mol. The summed E-state index contributed by atoms with van der Waals surface area (Å²) in [7, 11) is 5.23. The summed E-state index contributed by atoms with van der Waals surface area (Å²) in [6.45, 7) is 7.21. The highest BCUT2D eigenvalue weighted by Gasteiger charge is 2.25. The quantitative estimate of drug-likeness (QED) is 0.347. The molecule has 0 fully saturated rings. The Labute approximate surface area is 192 Å². The Bertz CT molecular complexity index is 686. The van der Waals surface area contributed by atoms with Crippen molar-refractivity contribution in [2.24, 2.45) is 10.4 Å². The highest BCUT2D eigenvalue weighted by atomic mass is 127. The van der Waals surface area contributed by atoms with Crippen LogP contribution < -0.4 is 10.6 Å². The van der Waals surface area contributed by atoms with Crippen LogP contribution in [0.4, 0.5) is 0 Å². The second kappa shape index (κ2) is 11.7. The number of amides is 1. The van der Waals surface area contributed by atoms with Crippen molar-refractivity contribution in [1.82, 2.24) is 15.5 Å². The van der Waals surface area contributed by atoms with Crippen molar-refractivity contribution < 1.29 is 9.53 Å². The fourth-order valence-corrected chi connectivity index (χ4v) is 3.39. The second-order valence-electron chi connectivity index (χ2n) is 8.78. The van der Waals surface area contributed by atoms with Crippen LogP contribution in [0.2, 0.25) is 0 Å². The van der Waals surface area contributed by atoms with E-state index in [0.29, 0.717) is 18.5 Å². The minimum atomic E-state index is -0.0193. The van der Waals surface area contributed by atoms with Gasteiger partial charge in [-0.25, -0.2) is 4.99 Å². The number of likely N-dealkylation sites (N-methyl/N-ethyl adjacent to an activating group) is 1. The maximum atomic E-state index is 12.0. The van der Waals surface area contributed by atoms with Crippen molar-refractivity contribution in [3.05, 3.63) is 35.4 Å². The van der Waals surface area contributed by atoms with E-state index < -0.39 is 0 Å². The number of aryl methyl sites for hydroxylation is 1. The predicted octanol–water partition coefficient (Wildman–Crippen LogP) is 2.85. The number of benzene rings is 1.